The maximum Gasteiger partial charge on any atom is 0.225 e. The number of benzene rings is 2. The second-order valence-electron chi connectivity index (χ2n) is 11.7. The first-order valence-electron chi connectivity index (χ1n) is 15.9. The van der Waals surface area contributed by atoms with Gasteiger partial charge in [-0.3, -0.25) is 0 Å². The number of rotatable bonds is 17. The lowest BCUT2D eigenvalue weighted by Crippen LogP contribution is -2.69. The topological polar surface area (TPSA) is 75.6 Å². The number of fused-ring (bicyclic) bond motifs is 2. The van der Waals surface area contributed by atoms with Gasteiger partial charge in [-0.05, 0) is 55.5 Å². The van der Waals surface area contributed by atoms with Crippen LogP contribution in [0.4, 0.5) is 8.78 Å². The van der Waals surface area contributed by atoms with E-state index < -0.39 is 47.4 Å². The van der Waals surface area contributed by atoms with E-state index in [1.807, 2.05) is 0 Å². The Morgan fingerprint density at radius 2 is 1.55 bits per heavy atom. The average molecular weight is 641 g/mol. The largest absolute Gasteiger partial charge is 0.494 e. The molecule has 2 aromatic rings. The van der Waals surface area contributed by atoms with Crippen molar-refractivity contribution in [2.45, 2.75) is 108 Å². The molecule has 2 aliphatic rings. The molecule has 2 bridgehead atoms. The van der Waals surface area contributed by atoms with Gasteiger partial charge in [0, 0.05) is 36.8 Å². The van der Waals surface area contributed by atoms with Crippen molar-refractivity contribution >= 4 is 11.6 Å². The predicted molar refractivity (Wildman–Crippen MR) is 164 cm³/mol. The van der Waals surface area contributed by atoms with E-state index in [4.69, 9.17) is 40.0 Å². The normalized spacial score (nSPS) is 27.1. The van der Waals surface area contributed by atoms with Crippen molar-refractivity contribution in [3.05, 3.63) is 63.7 Å². The Hall–Kier alpha value is -1.85. The highest BCUT2D eigenvalue weighted by molar-refractivity contribution is 6.31. The zero-order chi connectivity index (χ0) is 31.9. The molecule has 0 aliphatic carbocycles. The molecule has 2 fully saturated rings. The predicted octanol–water partition coefficient (Wildman–Crippen LogP) is 7.11. The molecular formula is C34H47ClF2O7. The van der Waals surface area contributed by atoms with Crippen LogP contribution in [0, 0.1) is 11.6 Å². The van der Waals surface area contributed by atoms with Crippen molar-refractivity contribution in [1.82, 2.24) is 0 Å². The Bertz CT molecular complexity index is 1230. The molecule has 2 saturated heterocycles. The van der Waals surface area contributed by atoms with Gasteiger partial charge < -0.3 is 33.5 Å². The van der Waals surface area contributed by atoms with E-state index in [2.05, 4.69) is 20.8 Å². The Morgan fingerprint density at radius 3 is 2.16 bits per heavy atom. The van der Waals surface area contributed by atoms with Gasteiger partial charge in [0.15, 0.2) is 11.6 Å². The molecule has 7 nitrogen and oxygen atoms in total. The summed E-state index contributed by atoms with van der Waals surface area (Å²) in [5, 5.41) is 11.6. The SMILES string of the molecule is CCCCO[C@@H]1[C@@H](OCCCC)[C@@]2(c3ccc(Cl)c(Cc4ccc(OC)c(F)c4F)c3)OC[C@](C(C)O)(O2)[C@H]1OCCCC. The van der Waals surface area contributed by atoms with Crippen LogP contribution in [0.3, 0.4) is 0 Å². The molecule has 10 heteroatoms. The quantitative estimate of drug-likeness (QED) is 0.185. The zero-order valence-corrected chi connectivity index (χ0v) is 27.3. The van der Waals surface area contributed by atoms with Gasteiger partial charge in [-0.15, -0.1) is 0 Å². The molecule has 246 valence electrons. The second kappa shape index (κ2) is 15.6. The maximum absolute atomic E-state index is 15.0. The molecule has 2 aromatic carbocycles. The number of halogens is 3. The third-order valence-corrected chi connectivity index (χ3v) is 8.96. The number of methoxy groups -OCH3 is 1. The van der Waals surface area contributed by atoms with Crippen molar-refractivity contribution in [2.24, 2.45) is 0 Å². The molecule has 0 amide bonds. The summed E-state index contributed by atoms with van der Waals surface area (Å²) in [7, 11) is 1.29. The lowest BCUT2D eigenvalue weighted by Gasteiger charge is -2.52. The number of aliphatic hydroxyl groups excluding tert-OH is 1. The minimum absolute atomic E-state index is 0.0115. The smallest absolute Gasteiger partial charge is 0.225 e. The molecule has 1 N–H and O–H groups in total. The van der Waals surface area contributed by atoms with Crippen LogP contribution in [0.2, 0.25) is 5.02 Å². The van der Waals surface area contributed by atoms with Crippen molar-refractivity contribution in [3.8, 4) is 5.75 Å². The summed E-state index contributed by atoms with van der Waals surface area (Å²) in [5.74, 6) is -3.71. The number of unbranched alkanes of at least 4 members (excludes halogenated alkanes) is 3. The number of ether oxygens (including phenoxy) is 6. The summed E-state index contributed by atoms with van der Waals surface area (Å²) < 4.78 is 67.5. The first-order chi connectivity index (χ1) is 21.2. The maximum atomic E-state index is 15.0. The fourth-order valence-corrected chi connectivity index (χ4v) is 6.12. The highest BCUT2D eigenvalue weighted by Gasteiger charge is 2.70. The minimum Gasteiger partial charge on any atom is -0.494 e. The monoisotopic (exact) mass is 640 g/mol. The van der Waals surface area contributed by atoms with Gasteiger partial charge in [0.1, 0.15) is 23.9 Å². The minimum atomic E-state index is -1.48. The van der Waals surface area contributed by atoms with E-state index in [1.54, 1.807) is 25.1 Å². The van der Waals surface area contributed by atoms with Gasteiger partial charge in [-0.25, -0.2) is 4.39 Å². The van der Waals surface area contributed by atoms with E-state index in [0.717, 1.165) is 38.5 Å². The number of hydrogen-bond donors (Lipinski definition) is 1. The van der Waals surface area contributed by atoms with Crippen LogP contribution in [0.25, 0.3) is 0 Å². The van der Waals surface area contributed by atoms with Gasteiger partial charge in [-0.2, -0.15) is 4.39 Å². The van der Waals surface area contributed by atoms with E-state index in [9.17, 15) is 13.9 Å². The molecule has 2 aliphatic heterocycles. The summed E-state index contributed by atoms with van der Waals surface area (Å²) in [6.07, 6.45) is 2.32. The van der Waals surface area contributed by atoms with Gasteiger partial charge in [-0.1, -0.05) is 63.8 Å². The summed E-state index contributed by atoms with van der Waals surface area (Å²) in [4.78, 5) is 0. The van der Waals surface area contributed by atoms with Gasteiger partial charge in [0.05, 0.1) is 19.8 Å². The Morgan fingerprint density at radius 1 is 0.909 bits per heavy atom. The summed E-state index contributed by atoms with van der Waals surface area (Å²) in [6.45, 7) is 9.35. The van der Waals surface area contributed by atoms with Crippen LogP contribution in [0.1, 0.15) is 82.9 Å². The average Bonchev–Trinajstić information content (AvgIpc) is 3.38. The fraction of sp³-hybridized carbons (Fsp3) is 0.647. The van der Waals surface area contributed by atoms with Crippen molar-refractivity contribution in [1.29, 1.82) is 0 Å². The molecule has 0 aromatic heterocycles. The lowest BCUT2D eigenvalue weighted by atomic mass is 9.80. The fourth-order valence-electron chi connectivity index (χ4n) is 5.93. The Kier molecular flexibility index (Phi) is 12.4. The van der Waals surface area contributed by atoms with Crippen molar-refractivity contribution < 1.29 is 42.3 Å². The van der Waals surface area contributed by atoms with E-state index >= 15 is 0 Å². The molecule has 1 unspecified atom stereocenters. The summed E-state index contributed by atoms with van der Waals surface area (Å²) in [5.41, 5.74) is 0.00326. The first-order valence-corrected chi connectivity index (χ1v) is 16.2. The molecular weight excluding hydrogens is 594 g/mol. The number of hydrogen-bond acceptors (Lipinski definition) is 7. The lowest BCUT2D eigenvalue weighted by molar-refractivity contribution is -0.355. The Labute approximate surface area is 265 Å². The van der Waals surface area contributed by atoms with E-state index in [0.29, 0.717) is 36.0 Å². The highest BCUT2D eigenvalue weighted by Crippen LogP contribution is 2.54. The summed E-state index contributed by atoms with van der Waals surface area (Å²) in [6, 6.07) is 8.12. The number of aliphatic hydroxyl groups is 1. The van der Waals surface area contributed by atoms with E-state index in [-0.39, 0.29) is 24.3 Å². The van der Waals surface area contributed by atoms with Crippen LogP contribution in [0.15, 0.2) is 30.3 Å². The zero-order valence-electron chi connectivity index (χ0n) is 26.5. The molecule has 0 spiro atoms. The van der Waals surface area contributed by atoms with Gasteiger partial charge in [0.2, 0.25) is 11.6 Å². The second-order valence-corrected chi connectivity index (χ2v) is 12.1. The van der Waals surface area contributed by atoms with Gasteiger partial charge in [0.25, 0.3) is 0 Å². The molecule has 44 heavy (non-hydrogen) atoms. The summed E-state index contributed by atoms with van der Waals surface area (Å²) >= 11 is 6.62. The van der Waals surface area contributed by atoms with Crippen LogP contribution in [0.5, 0.6) is 5.75 Å². The molecule has 0 radical (unpaired) electrons. The molecule has 2 heterocycles. The van der Waals surface area contributed by atoms with Crippen LogP contribution in [-0.2, 0) is 35.9 Å². The van der Waals surface area contributed by atoms with Crippen molar-refractivity contribution in [3.63, 3.8) is 0 Å². The molecule has 0 saturated carbocycles. The van der Waals surface area contributed by atoms with Crippen molar-refractivity contribution in [2.75, 3.05) is 33.5 Å². The standard InChI is InChI=1S/C34H47ClF2O7/c1-6-9-16-40-30-31(41-17-10-7-2)33(22(4)38)21-43-34(44-33,32(30)42-18-11-8-3)25-13-14-26(35)24(20-25)19-23-12-15-27(39-5)29(37)28(23)36/h12-15,20,22,30-32,38H,6-11,16-19,21H2,1-5H3/t22?,30-,31-,32+,33+,34-/m0/s1. The van der Waals surface area contributed by atoms with Gasteiger partial charge >= 0.3 is 0 Å². The van der Waals surface area contributed by atoms with Crippen LogP contribution >= 0.6 is 11.6 Å². The van der Waals surface area contributed by atoms with E-state index in [1.165, 1.54) is 19.2 Å². The third-order valence-electron chi connectivity index (χ3n) is 8.59. The highest BCUT2D eigenvalue weighted by atomic mass is 35.5. The molecule has 4 rings (SSSR count). The molecule has 6 atom stereocenters. The third kappa shape index (κ3) is 6.94. The Balaban J connectivity index is 1.80. The van der Waals surface area contributed by atoms with Crippen LogP contribution in [-0.4, -0.2) is 68.7 Å². The van der Waals surface area contributed by atoms with Crippen LogP contribution < -0.4 is 4.74 Å². The first kappa shape index (κ1) is 35.0.